The van der Waals surface area contributed by atoms with Crippen molar-refractivity contribution < 1.29 is 38.0 Å². The Morgan fingerprint density at radius 2 is 1.67 bits per heavy atom. The lowest BCUT2D eigenvalue weighted by Crippen LogP contribution is -3.00. The maximum Gasteiger partial charge on any atom is 0.255 e. The monoisotopic (exact) mass is 500 g/mol. The lowest BCUT2D eigenvalue weighted by Gasteiger charge is -2.40. The fraction of sp³-hybridized carbons (Fsp3) is 0.381. The second-order valence-corrected chi connectivity index (χ2v) is 7.87. The van der Waals surface area contributed by atoms with Crippen molar-refractivity contribution in [1.29, 1.82) is 0 Å². The molecule has 1 amide bonds. The molecule has 4 nitrogen and oxygen atoms in total. The van der Waals surface area contributed by atoms with Gasteiger partial charge in [-0.1, -0.05) is 23.7 Å². The molecule has 1 aliphatic rings. The van der Waals surface area contributed by atoms with Gasteiger partial charge >= 0.3 is 0 Å². The third kappa shape index (κ3) is 6.17. The van der Waals surface area contributed by atoms with Crippen molar-refractivity contribution in [3.63, 3.8) is 0 Å². The largest absolute Gasteiger partial charge is 1.00 e. The Morgan fingerprint density at radius 3 is 2.26 bits per heavy atom. The van der Waals surface area contributed by atoms with Gasteiger partial charge in [-0.2, -0.15) is 0 Å². The Hall–Kier alpha value is -1.15. The van der Waals surface area contributed by atoms with Crippen LogP contribution in [0.1, 0.15) is 28.8 Å². The van der Waals surface area contributed by atoms with Crippen LogP contribution in [-0.2, 0) is 11.3 Å². The number of nitrogens with zero attached hydrogens (tertiary/aromatic N) is 1. The summed E-state index contributed by atoms with van der Waals surface area (Å²) in [5.74, 6) is -0.132. The molecule has 1 N–H and O–H groups in total. The molecule has 0 saturated carbocycles. The fourth-order valence-electron chi connectivity index (χ4n) is 3.48. The van der Waals surface area contributed by atoms with E-state index in [1.165, 1.54) is 5.56 Å². The molecule has 146 valence electrons. The molecule has 0 unspecified atom stereocenters. The van der Waals surface area contributed by atoms with Gasteiger partial charge in [-0.3, -0.25) is 4.79 Å². The summed E-state index contributed by atoms with van der Waals surface area (Å²) in [6.07, 6.45) is 2.23. The van der Waals surface area contributed by atoms with Gasteiger partial charge in [0.25, 0.3) is 5.91 Å². The van der Waals surface area contributed by atoms with Crippen LogP contribution in [0.5, 0.6) is 0 Å². The first kappa shape index (κ1) is 22.1. The SMILES string of the molecule is C[N+](C)(Cc1ccc(NC(=O)c2ccc(Cl)cc2)cc1)C1CCOCC1.[I-]. The van der Waals surface area contributed by atoms with Gasteiger partial charge in [0.2, 0.25) is 0 Å². The van der Waals surface area contributed by atoms with E-state index in [9.17, 15) is 4.79 Å². The summed E-state index contributed by atoms with van der Waals surface area (Å²) < 4.78 is 6.44. The summed E-state index contributed by atoms with van der Waals surface area (Å²) in [7, 11) is 4.57. The third-order valence-electron chi connectivity index (χ3n) is 5.09. The number of rotatable bonds is 5. The number of hydrogen-bond acceptors (Lipinski definition) is 2. The minimum absolute atomic E-state index is 0. The van der Waals surface area contributed by atoms with Crippen LogP contribution in [0.15, 0.2) is 48.5 Å². The Bertz CT molecular complexity index is 742. The average Bonchev–Trinajstić information content (AvgIpc) is 2.64. The quantitative estimate of drug-likeness (QED) is 0.497. The molecular weight excluding hydrogens is 475 g/mol. The number of nitrogens with one attached hydrogen (secondary N) is 1. The summed E-state index contributed by atoms with van der Waals surface area (Å²) >= 11 is 5.86. The highest BCUT2D eigenvalue weighted by Crippen LogP contribution is 2.23. The summed E-state index contributed by atoms with van der Waals surface area (Å²) in [5.41, 5.74) is 2.66. The summed E-state index contributed by atoms with van der Waals surface area (Å²) in [5, 5.41) is 3.55. The second kappa shape index (κ2) is 9.87. The fourth-order valence-corrected chi connectivity index (χ4v) is 3.61. The molecule has 0 aromatic heterocycles. The number of halogens is 2. The first-order valence-electron chi connectivity index (χ1n) is 9.00. The maximum atomic E-state index is 12.3. The van der Waals surface area contributed by atoms with E-state index in [0.717, 1.165) is 42.8 Å². The number of carbonyl (C=O) groups is 1. The summed E-state index contributed by atoms with van der Waals surface area (Å²) in [4.78, 5) is 12.3. The van der Waals surface area contributed by atoms with Gasteiger partial charge in [0.1, 0.15) is 6.54 Å². The zero-order valence-electron chi connectivity index (χ0n) is 15.8. The van der Waals surface area contributed by atoms with E-state index < -0.39 is 0 Å². The van der Waals surface area contributed by atoms with Crippen molar-refractivity contribution >= 4 is 23.2 Å². The van der Waals surface area contributed by atoms with Crippen molar-refractivity contribution in [2.24, 2.45) is 0 Å². The molecule has 27 heavy (non-hydrogen) atoms. The standard InChI is InChI=1S/C21H25ClN2O2.HI/c1-24(2,20-11-13-26-14-12-20)15-16-3-9-19(10-4-16)23-21(25)17-5-7-18(22)8-6-17;/h3-10,20H,11-15H2,1-2H3;1H. The van der Waals surface area contributed by atoms with Crippen molar-refractivity contribution in [3.05, 3.63) is 64.7 Å². The zero-order valence-corrected chi connectivity index (χ0v) is 18.7. The van der Waals surface area contributed by atoms with Crippen LogP contribution in [0.4, 0.5) is 5.69 Å². The van der Waals surface area contributed by atoms with Crippen LogP contribution in [0.25, 0.3) is 0 Å². The molecule has 0 atom stereocenters. The maximum absolute atomic E-state index is 12.3. The molecule has 0 bridgehead atoms. The second-order valence-electron chi connectivity index (χ2n) is 7.44. The van der Waals surface area contributed by atoms with E-state index >= 15 is 0 Å². The number of amides is 1. The van der Waals surface area contributed by atoms with E-state index in [-0.39, 0.29) is 29.9 Å². The van der Waals surface area contributed by atoms with Crippen molar-refractivity contribution in [1.82, 2.24) is 0 Å². The highest BCUT2D eigenvalue weighted by atomic mass is 127. The molecule has 0 spiro atoms. The van der Waals surface area contributed by atoms with E-state index in [2.05, 4.69) is 31.5 Å². The number of quaternary nitrogens is 1. The minimum Gasteiger partial charge on any atom is -1.00 e. The van der Waals surface area contributed by atoms with Gasteiger partial charge in [0.05, 0.1) is 33.4 Å². The summed E-state index contributed by atoms with van der Waals surface area (Å²) in [6, 6.07) is 15.6. The highest BCUT2D eigenvalue weighted by Gasteiger charge is 2.30. The number of hydrogen-bond donors (Lipinski definition) is 1. The van der Waals surface area contributed by atoms with Crippen LogP contribution in [0.2, 0.25) is 5.02 Å². The molecule has 0 radical (unpaired) electrons. The number of ether oxygens (including phenoxy) is 1. The van der Waals surface area contributed by atoms with Crippen LogP contribution in [0, 0.1) is 0 Å². The van der Waals surface area contributed by atoms with E-state index in [4.69, 9.17) is 16.3 Å². The molecule has 2 aromatic carbocycles. The first-order valence-corrected chi connectivity index (χ1v) is 9.38. The van der Waals surface area contributed by atoms with Crippen molar-refractivity contribution in [2.75, 3.05) is 32.6 Å². The topological polar surface area (TPSA) is 38.3 Å². The molecule has 1 aliphatic heterocycles. The van der Waals surface area contributed by atoms with Gasteiger partial charge in [-0.05, 0) is 36.4 Å². The Morgan fingerprint density at radius 1 is 1.07 bits per heavy atom. The van der Waals surface area contributed by atoms with Crippen LogP contribution < -0.4 is 29.3 Å². The van der Waals surface area contributed by atoms with Gasteiger partial charge in [0, 0.05) is 34.7 Å². The molecule has 2 aromatic rings. The molecule has 0 aliphatic carbocycles. The van der Waals surface area contributed by atoms with Crippen LogP contribution >= 0.6 is 11.6 Å². The van der Waals surface area contributed by atoms with E-state index in [1.54, 1.807) is 24.3 Å². The molecule has 1 heterocycles. The lowest BCUT2D eigenvalue weighted by molar-refractivity contribution is -0.929. The smallest absolute Gasteiger partial charge is 0.255 e. The number of carbonyl (C=O) groups excluding carboxylic acids is 1. The van der Waals surface area contributed by atoms with Gasteiger partial charge < -0.3 is 38.5 Å². The van der Waals surface area contributed by atoms with E-state index in [0.29, 0.717) is 16.6 Å². The van der Waals surface area contributed by atoms with Gasteiger partial charge in [-0.15, -0.1) is 0 Å². The molecule has 6 heteroatoms. The molecule has 3 rings (SSSR count). The zero-order chi connectivity index (χ0) is 18.6. The Balaban J connectivity index is 0.00000261. The molecule has 1 saturated heterocycles. The van der Waals surface area contributed by atoms with Crippen molar-refractivity contribution in [2.45, 2.75) is 25.4 Å². The van der Waals surface area contributed by atoms with Crippen LogP contribution in [-0.4, -0.2) is 43.7 Å². The predicted molar refractivity (Wildman–Crippen MR) is 106 cm³/mol. The Labute approximate surface area is 183 Å². The van der Waals surface area contributed by atoms with Gasteiger partial charge in [0.15, 0.2) is 0 Å². The minimum atomic E-state index is -0.132. The average molecular weight is 501 g/mol. The lowest BCUT2D eigenvalue weighted by atomic mass is 10.0. The predicted octanol–water partition coefficient (Wildman–Crippen LogP) is 1.35. The normalized spacial score (nSPS) is 15.1. The number of benzene rings is 2. The first-order chi connectivity index (χ1) is 12.4. The Kier molecular flexibility index (Phi) is 8.09. The van der Waals surface area contributed by atoms with E-state index in [1.807, 2.05) is 12.1 Å². The molecular formula is C21H26ClIN2O2. The van der Waals surface area contributed by atoms with Crippen molar-refractivity contribution in [3.8, 4) is 0 Å². The number of anilines is 1. The third-order valence-corrected chi connectivity index (χ3v) is 5.34. The van der Waals surface area contributed by atoms with Gasteiger partial charge in [-0.25, -0.2) is 0 Å². The molecule has 1 fully saturated rings. The van der Waals surface area contributed by atoms with Crippen LogP contribution in [0.3, 0.4) is 0 Å². The summed E-state index contributed by atoms with van der Waals surface area (Å²) in [6.45, 7) is 2.69. The highest BCUT2D eigenvalue weighted by molar-refractivity contribution is 6.30.